The fourth-order valence-electron chi connectivity index (χ4n) is 2.63. The SMILES string of the molecule is COC(=O)/C(Cl)=C1\C(=O)C(Cl)=C(Cl)[C@H]2CCC[C@@H]12. The largest absolute Gasteiger partial charge is 0.465 e. The van der Waals surface area contributed by atoms with Gasteiger partial charge in [0.2, 0.25) is 5.78 Å². The van der Waals surface area contributed by atoms with Crippen LogP contribution >= 0.6 is 34.8 Å². The molecule has 0 spiro atoms. The number of rotatable bonds is 1. The van der Waals surface area contributed by atoms with Crippen LogP contribution in [0.2, 0.25) is 0 Å². The average molecular weight is 310 g/mol. The van der Waals surface area contributed by atoms with E-state index in [0.29, 0.717) is 5.03 Å². The second-order valence-electron chi connectivity index (χ2n) is 4.35. The second kappa shape index (κ2) is 5.24. The number of esters is 1. The van der Waals surface area contributed by atoms with E-state index in [-0.39, 0.29) is 27.5 Å². The number of methoxy groups -OCH3 is 1. The van der Waals surface area contributed by atoms with Crippen LogP contribution in [0.4, 0.5) is 0 Å². The smallest absolute Gasteiger partial charge is 0.349 e. The number of ketones is 1. The fourth-order valence-corrected chi connectivity index (χ4v) is 3.52. The van der Waals surface area contributed by atoms with E-state index in [1.54, 1.807) is 0 Å². The van der Waals surface area contributed by atoms with Crippen molar-refractivity contribution >= 4 is 46.6 Å². The van der Waals surface area contributed by atoms with Gasteiger partial charge in [-0.1, -0.05) is 41.2 Å². The van der Waals surface area contributed by atoms with Crippen molar-refractivity contribution in [1.82, 2.24) is 0 Å². The Morgan fingerprint density at radius 3 is 2.50 bits per heavy atom. The summed E-state index contributed by atoms with van der Waals surface area (Å²) in [5, 5.41) is 0.181. The number of halogens is 3. The Hall–Kier alpha value is -0.510. The van der Waals surface area contributed by atoms with E-state index in [2.05, 4.69) is 4.74 Å². The van der Waals surface area contributed by atoms with Gasteiger partial charge in [0.15, 0.2) is 0 Å². The molecule has 0 aromatic heterocycles. The van der Waals surface area contributed by atoms with Crippen LogP contribution < -0.4 is 0 Å². The topological polar surface area (TPSA) is 43.4 Å². The lowest BCUT2D eigenvalue weighted by atomic mass is 9.81. The van der Waals surface area contributed by atoms with Gasteiger partial charge in [0.25, 0.3) is 0 Å². The van der Waals surface area contributed by atoms with E-state index in [0.717, 1.165) is 19.3 Å². The van der Waals surface area contributed by atoms with Crippen LogP contribution in [0.25, 0.3) is 0 Å². The first-order chi connectivity index (χ1) is 8.49. The lowest BCUT2D eigenvalue weighted by Crippen LogP contribution is -2.27. The predicted octanol–water partition coefficient (Wildman–Crippen LogP) is 3.34. The Balaban J connectivity index is 2.55. The maximum atomic E-state index is 12.1. The molecule has 0 aromatic rings. The van der Waals surface area contributed by atoms with Crippen molar-refractivity contribution < 1.29 is 14.3 Å². The molecule has 2 aliphatic carbocycles. The van der Waals surface area contributed by atoms with Gasteiger partial charge in [-0.15, -0.1) is 0 Å². The molecule has 1 saturated carbocycles. The van der Waals surface area contributed by atoms with Crippen molar-refractivity contribution in [3.8, 4) is 0 Å². The van der Waals surface area contributed by atoms with Crippen molar-refractivity contribution in [2.45, 2.75) is 19.3 Å². The fraction of sp³-hybridized carbons (Fsp3) is 0.500. The molecule has 0 radical (unpaired) electrons. The van der Waals surface area contributed by atoms with Crippen LogP contribution in [0.5, 0.6) is 0 Å². The number of fused-ring (bicyclic) bond motifs is 1. The highest BCUT2D eigenvalue weighted by Crippen LogP contribution is 2.49. The van der Waals surface area contributed by atoms with E-state index in [1.165, 1.54) is 7.11 Å². The first kappa shape index (κ1) is 13.9. The van der Waals surface area contributed by atoms with Crippen LogP contribution in [0.1, 0.15) is 19.3 Å². The van der Waals surface area contributed by atoms with E-state index in [1.807, 2.05) is 0 Å². The zero-order chi connectivity index (χ0) is 13.4. The van der Waals surface area contributed by atoms with Crippen molar-refractivity contribution in [3.63, 3.8) is 0 Å². The Morgan fingerprint density at radius 1 is 1.28 bits per heavy atom. The molecule has 0 bridgehead atoms. The van der Waals surface area contributed by atoms with E-state index in [4.69, 9.17) is 34.8 Å². The van der Waals surface area contributed by atoms with Gasteiger partial charge in [0.05, 0.1) is 7.11 Å². The van der Waals surface area contributed by atoms with Gasteiger partial charge in [-0.3, -0.25) is 4.79 Å². The molecule has 6 heteroatoms. The van der Waals surface area contributed by atoms with E-state index >= 15 is 0 Å². The monoisotopic (exact) mass is 308 g/mol. The van der Waals surface area contributed by atoms with Gasteiger partial charge < -0.3 is 4.74 Å². The lowest BCUT2D eigenvalue weighted by molar-refractivity contribution is -0.135. The van der Waals surface area contributed by atoms with Gasteiger partial charge in [-0.05, 0) is 18.8 Å². The van der Waals surface area contributed by atoms with Gasteiger partial charge >= 0.3 is 5.97 Å². The molecule has 2 atom stereocenters. The quantitative estimate of drug-likeness (QED) is 0.551. The van der Waals surface area contributed by atoms with E-state index < -0.39 is 11.8 Å². The molecular weight excluding hydrogens is 298 g/mol. The highest BCUT2D eigenvalue weighted by molar-refractivity contribution is 6.53. The molecular formula is C12H11Cl3O3. The molecule has 1 fully saturated rings. The number of carbonyl (C=O) groups is 2. The Kier molecular flexibility index (Phi) is 4.05. The Bertz CT molecular complexity index is 479. The first-order valence-electron chi connectivity index (χ1n) is 5.56. The van der Waals surface area contributed by atoms with Gasteiger partial charge in [0, 0.05) is 16.5 Å². The van der Waals surface area contributed by atoms with Crippen molar-refractivity contribution in [1.29, 1.82) is 0 Å². The zero-order valence-corrected chi connectivity index (χ0v) is 11.9. The number of hydrogen-bond acceptors (Lipinski definition) is 3. The Morgan fingerprint density at radius 2 is 1.89 bits per heavy atom. The predicted molar refractivity (Wildman–Crippen MR) is 69.5 cm³/mol. The number of ether oxygens (including phenoxy) is 1. The summed E-state index contributed by atoms with van der Waals surface area (Å²) in [7, 11) is 1.22. The van der Waals surface area contributed by atoms with Gasteiger partial charge in [-0.25, -0.2) is 4.79 Å². The molecule has 3 nitrogen and oxygen atoms in total. The van der Waals surface area contributed by atoms with Gasteiger partial charge in [-0.2, -0.15) is 0 Å². The summed E-state index contributed by atoms with van der Waals surface area (Å²) < 4.78 is 4.55. The summed E-state index contributed by atoms with van der Waals surface area (Å²) in [5.74, 6) is -1.31. The van der Waals surface area contributed by atoms with Crippen molar-refractivity contribution in [3.05, 3.63) is 20.7 Å². The molecule has 0 unspecified atom stereocenters. The maximum Gasteiger partial charge on any atom is 0.349 e. The normalized spacial score (nSPS) is 30.3. The number of allylic oxidation sites excluding steroid dienone is 3. The molecule has 18 heavy (non-hydrogen) atoms. The maximum absolute atomic E-state index is 12.1. The second-order valence-corrected chi connectivity index (χ2v) is 5.52. The highest BCUT2D eigenvalue weighted by Gasteiger charge is 2.43. The summed E-state index contributed by atoms with van der Waals surface area (Å²) in [6.07, 6.45) is 2.55. The summed E-state index contributed by atoms with van der Waals surface area (Å²) in [6, 6.07) is 0. The van der Waals surface area contributed by atoms with E-state index in [9.17, 15) is 9.59 Å². The number of hydrogen-bond donors (Lipinski definition) is 0. The number of carbonyl (C=O) groups excluding carboxylic acids is 2. The average Bonchev–Trinajstić information content (AvgIpc) is 2.84. The van der Waals surface area contributed by atoms with Gasteiger partial charge in [0.1, 0.15) is 10.1 Å². The summed E-state index contributed by atoms with van der Waals surface area (Å²) in [6.45, 7) is 0. The third-order valence-electron chi connectivity index (χ3n) is 3.47. The molecule has 0 aromatic carbocycles. The minimum atomic E-state index is -0.715. The molecule has 2 rings (SSSR count). The molecule has 0 saturated heterocycles. The standard InChI is InChI=1S/C12H11Cl3O3/c1-18-12(17)9(14)7-5-3-2-4-6(5)8(13)10(15)11(7)16/h5-6H,2-4H2,1H3/b9-7+/t5-,6+/m1/s1. The van der Waals surface area contributed by atoms with Crippen molar-refractivity contribution in [2.75, 3.05) is 7.11 Å². The third-order valence-corrected chi connectivity index (χ3v) is 4.77. The molecule has 2 aliphatic rings. The first-order valence-corrected chi connectivity index (χ1v) is 6.70. The Labute approximate surface area is 120 Å². The minimum Gasteiger partial charge on any atom is -0.465 e. The van der Waals surface area contributed by atoms with Crippen molar-refractivity contribution in [2.24, 2.45) is 11.8 Å². The molecule has 0 heterocycles. The van der Waals surface area contributed by atoms with Crippen LogP contribution in [-0.2, 0) is 14.3 Å². The van der Waals surface area contributed by atoms with Crippen LogP contribution in [-0.4, -0.2) is 18.9 Å². The highest BCUT2D eigenvalue weighted by atomic mass is 35.5. The number of Topliss-reactive ketones (excluding diaryl/α,β-unsaturated/α-hetero) is 1. The summed E-state index contributed by atoms with van der Waals surface area (Å²) in [4.78, 5) is 23.6. The van der Waals surface area contributed by atoms with Crippen LogP contribution in [0.15, 0.2) is 20.7 Å². The third kappa shape index (κ3) is 2.09. The minimum absolute atomic E-state index is 0.00901. The molecule has 0 N–H and O–H groups in total. The summed E-state index contributed by atoms with van der Waals surface area (Å²) >= 11 is 18.0. The zero-order valence-electron chi connectivity index (χ0n) is 9.63. The van der Waals surface area contributed by atoms with Crippen LogP contribution in [0.3, 0.4) is 0 Å². The lowest BCUT2D eigenvalue weighted by Gasteiger charge is -2.27. The molecule has 0 amide bonds. The van der Waals surface area contributed by atoms with Crippen LogP contribution in [0, 0.1) is 11.8 Å². The molecule has 0 aliphatic heterocycles. The molecule has 98 valence electrons. The summed E-state index contributed by atoms with van der Waals surface area (Å²) in [5.41, 5.74) is 0.250.